The fraction of sp³-hybridized carbons (Fsp3) is 1.00. The lowest BCUT2D eigenvalue weighted by Gasteiger charge is -2.65. The summed E-state index contributed by atoms with van der Waals surface area (Å²) in [6, 6.07) is 0. The third-order valence-electron chi connectivity index (χ3n) is 7.15. The molecular weight excluding hydrogens is 250 g/mol. The smallest absolute Gasteiger partial charge is 0.170 e. The van der Waals surface area contributed by atoms with Gasteiger partial charge < -0.3 is 14.8 Å². The Kier molecular flexibility index (Phi) is 3.67. The van der Waals surface area contributed by atoms with E-state index in [1.54, 1.807) is 0 Å². The predicted molar refractivity (Wildman–Crippen MR) is 80.6 cm³/mol. The van der Waals surface area contributed by atoms with Crippen LogP contribution in [0, 0.1) is 16.2 Å². The van der Waals surface area contributed by atoms with Gasteiger partial charge in [0.2, 0.25) is 0 Å². The first-order valence-electron chi connectivity index (χ1n) is 8.37. The molecule has 3 nitrogen and oxygen atoms in total. The van der Waals surface area contributed by atoms with Crippen LogP contribution < -0.4 is 5.32 Å². The van der Waals surface area contributed by atoms with E-state index in [1.165, 1.54) is 32.1 Å². The molecule has 0 radical (unpaired) electrons. The lowest BCUT2D eigenvalue weighted by atomic mass is 9.41. The summed E-state index contributed by atoms with van der Waals surface area (Å²) in [6.07, 6.45) is 7.02. The van der Waals surface area contributed by atoms with E-state index in [4.69, 9.17) is 9.47 Å². The van der Waals surface area contributed by atoms with Gasteiger partial charge >= 0.3 is 0 Å². The maximum Gasteiger partial charge on any atom is 0.170 e. The topological polar surface area (TPSA) is 30.5 Å². The molecule has 20 heavy (non-hydrogen) atoms. The molecular formula is C17H31NO2. The Labute approximate surface area is 123 Å². The van der Waals surface area contributed by atoms with Gasteiger partial charge in [0, 0.05) is 13.1 Å². The van der Waals surface area contributed by atoms with Crippen molar-refractivity contribution in [3.8, 4) is 0 Å². The highest BCUT2D eigenvalue weighted by Crippen LogP contribution is 2.67. The second-order valence-electron chi connectivity index (χ2n) is 8.15. The molecule has 3 rings (SSSR count). The van der Waals surface area contributed by atoms with Crippen LogP contribution in [-0.4, -0.2) is 32.1 Å². The molecule has 0 amide bonds. The van der Waals surface area contributed by atoms with Crippen LogP contribution in [0.2, 0.25) is 0 Å². The number of morpholine rings is 1. The van der Waals surface area contributed by atoms with Gasteiger partial charge in [-0.2, -0.15) is 0 Å². The number of nitrogens with one attached hydrogen (secondary N) is 1. The number of hydrogen-bond acceptors (Lipinski definition) is 3. The standard InChI is InChI=1S/C17H31NO2/c1-15(2)13(20-14-12-18-10-11-19-14)6-9-17(7-5-8-17)16(15,3)4/h13-14,18H,5-12H2,1-4H3. The SMILES string of the molecule is CC1(C)C(OC2CNCCO2)CCC2(CCC2)C1(C)C. The van der Waals surface area contributed by atoms with Crippen LogP contribution in [0.1, 0.15) is 59.8 Å². The monoisotopic (exact) mass is 281 g/mol. The van der Waals surface area contributed by atoms with Crippen LogP contribution in [-0.2, 0) is 9.47 Å². The summed E-state index contributed by atoms with van der Waals surface area (Å²) in [5, 5.41) is 3.36. The van der Waals surface area contributed by atoms with Gasteiger partial charge in [0.1, 0.15) is 0 Å². The second kappa shape index (κ2) is 4.96. The Hall–Kier alpha value is -0.120. The molecule has 0 bridgehead atoms. The van der Waals surface area contributed by atoms with E-state index in [-0.39, 0.29) is 11.7 Å². The number of ether oxygens (including phenoxy) is 2. The van der Waals surface area contributed by atoms with E-state index in [0.29, 0.717) is 16.9 Å². The van der Waals surface area contributed by atoms with Gasteiger partial charge in [-0.25, -0.2) is 0 Å². The Morgan fingerprint density at radius 3 is 2.40 bits per heavy atom. The summed E-state index contributed by atoms with van der Waals surface area (Å²) >= 11 is 0. The molecule has 0 aromatic heterocycles. The van der Waals surface area contributed by atoms with Crippen molar-refractivity contribution in [3.63, 3.8) is 0 Å². The van der Waals surface area contributed by atoms with Crippen LogP contribution in [0.15, 0.2) is 0 Å². The molecule has 2 saturated carbocycles. The molecule has 116 valence electrons. The fourth-order valence-corrected chi connectivity index (χ4v) is 4.70. The van der Waals surface area contributed by atoms with Crippen molar-refractivity contribution in [2.45, 2.75) is 72.2 Å². The van der Waals surface area contributed by atoms with Gasteiger partial charge in [0.25, 0.3) is 0 Å². The molecule has 1 N–H and O–H groups in total. The van der Waals surface area contributed by atoms with Crippen molar-refractivity contribution < 1.29 is 9.47 Å². The summed E-state index contributed by atoms with van der Waals surface area (Å²) < 4.78 is 12.1. The molecule has 2 aliphatic carbocycles. The maximum absolute atomic E-state index is 6.36. The highest BCUT2D eigenvalue weighted by Gasteiger charge is 2.61. The largest absolute Gasteiger partial charge is 0.350 e. The maximum atomic E-state index is 6.36. The van der Waals surface area contributed by atoms with E-state index in [1.807, 2.05) is 0 Å². The quantitative estimate of drug-likeness (QED) is 0.842. The van der Waals surface area contributed by atoms with E-state index < -0.39 is 0 Å². The highest BCUT2D eigenvalue weighted by atomic mass is 16.7. The summed E-state index contributed by atoms with van der Waals surface area (Å²) in [6.45, 7) is 12.3. The zero-order valence-corrected chi connectivity index (χ0v) is 13.6. The minimum Gasteiger partial charge on any atom is -0.350 e. The van der Waals surface area contributed by atoms with Crippen LogP contribution >= 0.6 is 0 Å². The Morgan fingerprint density at radius 1 is 1.10 bits per heavy atom. The predicted octanol–water partition coefficient (Wildman–Crippen LogP) is 3.33. The van der Waals surface area contributed by atoms with Crippen LogP contribution in [0.5, 0.6) is 0 Å². The van der Waals surface area contributed by atoms with Crippen molar-refractivity contribution in [2.75, 3.05) is 19.7 Å². The molecule has 1 saturated heterocycles. The Bertz CT molecular complexity index is 354. The highest BCUT2D eigenvalue weighted by molar-refractivity contribution is 5.10. The summed E-state index contributed by atoms with van der Waals surface area (Å²) in [7, 11) is 0. The zero-order valence-electron chi connectivity index (χ0n) is 13.6. The van der Waals surface area contributed by atoms with Crippen molar-refractivity contribution in [1.82, 2.24) is 5.32 Å². The Morgan fingerprint density at radius 2 is 1.85 bits per heavy atom. The number of hydrogen-bond donors (Lipinski definition) is 1. The van der Waals surface area contributed by atoms with Crippen molar-refractivity contribution in [2.24, 2.45) is 16.2 Å². The van der Waals surface area contributed by atoms with Gasteiger partial charge in [-0.1, -0.05) is 34.1 Å². The molecule has 3 fully saturated rings. The van der Waals surface area contributed by atoms with Crippen LogP contribution in [0.4, 0.5) is 0 Å². The molecule has 3 heteroatoms. The second-order valence-corrected chi connectivity index (χ2v) is 8.15. The van der Waals surface area contributed by atoms with E-state index in [9.17, 15) is 0 Å². The summed E-state index contributed by atoms with van der Waals surface area (Å²) in [4.78, 5) is 0. The summed E-state index contributed by atoms with van der Waals surface area (Å²) in [5.41, 5.74) is 1.11. The van der Waals surface area contributed by atoms with E-state index in [0.717, 1.165) is 19.7 Å². The lowest BCUT2D eigenvalue weighted by Crippen LogP contribution is -2.60. The third kappa shape index (κ3) is 2.05. The molecule has 2 unspecified atom stereocenters. The molecule has 1 spiro atoms. The fourth-order valence-electron chi connectivity index (χ4n) is 4.70. The number of rotatable bonds is 2. The molecule has 2 atom stereocenters. The average Bonchev–Trinajstić information content (AvgIpc) is 2.35. The first-order chi connectivity index (χ1) is 9.39. The van der Waals surface area contributed by atoms with Gasteiger partial charge in [0.05, 0.1) is 12.7 Å². The van der Waals surface area contributed by atoms with E-state index in [2.05, 4.69) is 33.0 Å². The van der Waals surface area contributed by atoms with Crippen molar-refractivity contribution in [3.05, 3.63) is 0 Å². The van der Waals surface area contributed by atoms with E-state index >= 15 is 0 Å². The van der Waals surface area contributed by atoms with Gasteiger partial charge in [-0.15, -0.1) is 0 Å². The first kappa shape index (κ1) is 14.8. The van der Waals surface area contributed by atoms with Gasteiger partial charge in [0.15, 0.2) is 6.29 Å². The minimum atomic E-state index is -0.0562. The van der Waals surface area contributed by atoms with Crippen LogP contribution in [0.3, 0.4) is 0 Å². The third-order valence-corrected chi connectivity index (χ3v) is 7.15. The zero-order chi connectivity index (χ0) is 14.4. The lowest BCUT2D eigenvalue weighted by molar-refractivity contribution is -0.257. The molecule has 1 heterocycles. The minimum absolute atomic E-state index is 0.0562. The average molecular weight is 281 g/mol. The van der Waals surface area contributed by atoms with Crippen molar-refractivity contribution in [1.29, 1.82) is 0 Å². The van der Waals surface area contributed by atoms with Gasteiger partial charge in [-0.3, -0.25) is 0 Å². The molecule has 0 aromatic carbocycles. The van der Waals surface area contributed by atoms with Gasteiger partial charge in [-0.05, 0) is 41.9 Å². The van der Waals surface area contributed by atoms with Crippen molar-refractivity contribution >= 4 is 0 Å². The Balaban J connectivity index is 1.73. The normalized spacial score (nSPS) is 38.4. The summed E-state index contributed by atoms with van der Waals surface area (Å²) in [5.74, 6) is 0. The molecule has 1 aliphatic heterocycles. The van der Waals surface area contributed by atoms with Crippen LogP contribution in [0.25, 0.3) is 0 Å². The molecule has 0 aromatic rings. The molecule has 3 aliphatic rings. The first-order valence-corrected chi connectivity index (χ1v) is 8.37.